The van der Waals surface area contributed by atoms with Crippen LogP contribution in [-0.4, -0.2) is 30.9 Å². The molecular weight excluding hydrogens is 334 g/mol. The van der Waals surface area contributed by atoms with Crippen LogP contribution in [0.4, 0.5) is 5.69 Å². The molecule has 2 rings (SSSR count). The summed E-state index contributed by atoms with van der Waals surface area (Å²) >= 11 is 3.47. The number of hydrogen-bond acceptors (Lipinski definition) is 4. The molecule has 0 radical (unpaired) electrons. The van der Waals surface area contributed by atoms with E-state index in [1.165, 1.54) is 0 Å². The molecule has 5 nitrogen and oxygen atoms in total. The molecule has 0 aliphatic carbocycles. The van der Waals surface area contributed by atoms with Crippen molar-refractivity contribution in [3.8, 4) is 0 Å². The van der Waals surface area contributed by atoms with Crippen LogP contribution in [0, 0.1) is 0 Å². The van der Waals surface area contributed by atoms with Crippen molar-refractivity contribution in [2.75, 3.05) is 18.5 Å². The smallest absolute Gasteiger partial charge is 0.251 e. The zero-order valence-corrected chi connectivity index (χ0v) is 14.2. The number of benzene rings is 1. The lowest BCUT2D eigenvalue weighted by molar-refractivity contribution is -0.135. The van der Waals surface area contributed by atoms with Crippen LogP contribution in [0.2, 0.25) is 0 Å². The Kier molecular flexibility index (Phi) is 4.39. The summed E-state index contributed by atoms with van der Waals surface area (Å²) in [6.45, 7) is 5.86. The molecule has 1 unspecified atom stereocenters. The second kappa shape index (κ2) is 5.77. The van der Waals surface area contributed by atoms with Gasteiger partial charge in [-0.25, -0.2) is 0 Å². The summed E-state index contributed by atoms with van der Waals surface area (Å²) in [5, 5.41) is 5.60. The van der Waals surface area contributed by atoms with Gasteiger partial charge in [-0.15, -0.1) is 0 Å². The molecule has 1 heterocycles. The minimum atomic E-state index is -0.781. The highest BCUT2D eigenvalue weighted by Crippen LogP contribution is 2.34. The van der Waals surface area contributed by atoms with Crippen LogP contribution in [-0.2, 0) is 9.59 Å². The first kappa shape index (κ1) is 16.0. The average Bonchev–Trinajstić information content (AvgIpc) is 2.42. The average molecular weight is 354 g/mol. The Morgan fingerprint density at radius 3 is 2.67 bits per heavy atom. The molecule has 1 saturated heterocycles. The molecule has 1 atom stereocenters. The van der Waals surface area contributed by atoms with E-state index in [4.69, 9.17) is 0 Å². The van der Waals surface area contributed by atoms with Crippen molar-refractivity contribution < 1.29 is 9.59 Å². The van der Waals surface area contributed by atoms with E-state index in [9.17, 15) is 9.59 Å². The number of hydrogen-bond donors (Lipinski definition) is 2. The highest BCUT2D eigenvalue weighted by atomic mass is 79.9. The Balaban J connectivity index is 2.55. The lowest BCUT2D eigenvalue weighted by Gasteiger charge is -2.43. The normalized spacial score (nSPS) is 19.4. The van der Waals surface area contributed by atoms with E-state index in [2.05, 4.69) is 26.6 Å². The summed E-state index contributed by atoms with van der Waals surface area (Å²) in [6, 6.07) is 6.04. The van der Waals surface area contributed by atoms with Crippen molar-refractivity contribution >= 4 is 33.4 Å². The van der Waals surface area contributed by atoms with Gasteiger partial charge in [0.1, 0.15) is 5.54 Å². The summed E-state index contributed by atoms with van der Waals surface area (Å²) in [5.41, 5.74) is 1.16. The Bertz CT molecular complexity index is 586. The number of amides is 2. The number of rotatable bonds is 3. The fourth-order valence-corrected chi connectivity index (χ4v) is 2.79. The molecule has 6 heteroatoms. The minimum absolute atomic E-state index is 0.115. The zero-order chi connectivity index (χ0) is 15.8. The molecule has 2 N–H and O–H groups in total. The molecule has 0 bridgehead atoms. The van der Waals surface area contributed by atoms with E-state index in [0.717, 1.165) is 15.7 Å². The third-order valence-electron chi connectivity index (χ3n) is 3.97. The van der Waals surface area contributed by atoms with Crippen molar-refractivity contribution in [3.05, 3.63) is 28.2 Å². The molecule has 1 aliphatic heterocycles. The fourth-order valence-electron chi connectivity index (χ4n) is 2.44. The van der Waals surface area contributed by atoms with Gasteiger partial charge in [-0.1, -0.05) is 22.0 Å². The van der Waals surface area contributed by atoms with Gasteiger partial charge in [-0.05, 0) is 45.5 Å². The Labute approximate surface area is 133 Å². The minimum Gasteiger partial charge on any atom is -0.348 e. The van der Waals surface area contributed by atoms with Crippen LogP contribution in [0.1, 0.15) is 32.4 Å². The Morgan fingerprint density at radius 1 is 1.38 bits per heavy atom. The van der Waals surface area contributed by atoms with Crippen molar-refractivity contribution in [1.82, 2.24) is 10.6 Å². The van der Waals surface area contributed by atoms with E-state index < -0.39 is 5.54 Å². The topological polar surface area (TPSA) is 61.4 Å². The first-order valence-corrected chi connectivity index (χ1v) is 7.65. The molecule has 2 amide bonds. The molecule has 114 valence electrons. The summed E-state index contributed by atoms with van der Waals surface area (Å²) in [4.78, 5) is 25.8. The maximum atomic E-state index is 12.1. The monoisotopic (exact) mass is 353 g/mol. The van der Waals surface area contributed by atoms with E-state index in [-0.39, 0.29) is 24.4 Å². The third-order valence-corrected chi connectivity index (χ3v) is 4.46. The summed E-state index contributed by atoms with van der Waals surface area (Å²) < 4.78 is 0.916. The van der Waals surface area contributed by atoms with E-state index in [0.29, 0.717) is 0 Å². The summed E-state index contributed by atoms with van der Waals surface area (Å²) in [5.74, 6) is -0.552. The van der Waals surface area contributed by atoms with E-state index in [1.807, 2.05) is 50.9 Å². The van der Waals surface area contributed by atoms with Crippen molar-refractivity contribution in [2.24, 2.45) is 0 Å². The first-order chi connectivity index (χ1) is 9.77. The molecule has 21 heavy (non-hydrogen) atoms. The van der Waals surface area contributed by atoms with Gasteiger partial charge in [0.2, 0.25) is 5.91 Å². The Morgan fingerprint density at radius 2 is 2.05 bits per heavy atom. The number of nitrogens with one attached hydrogen (secondary N) is 2. The predicted molar refractivity (Wildman–Crippen MR) is 86.2 cm³/mol. The second-order valence-electron chi connectivity index (χ2n) is 5.74. The summed E-state index contributed by atoms with van der Waals surface area (Å²) in [7, 11) is 1.88. The lowest BCUT2D eigenvalue weighted by Crippen LogP contribution is -2.64. The number of imide groups is 1. The summed E-state index contributed by atoms with van der Waals surface area (Å²) in [6.07, 6.45) is 0. The zero-order valence-electron chi connectivity index (χ0n) is 12.7. The second-order valence-corrected chi connectivity index (χ2v) is 6.65. The van der Waals surface area contributed by atoms with Crippen LogP contribution in [0.15, 0.2) is 22.7 Å². The van der Waals surface area contributed by atoms with Gasteiger partial charge >= 0.3 is 0 Å². The van der Waals surface area contributed by atoms with Gasteiger partial charge in [0.25, 0.3) is 5.91 Å². The van der Waals surface area contributed by atoms with Gasteiger partial charge in [-0.2, -0.15) is 0 Å². The molecular formula is C15H20BrN3O2. The van der Waals surface area contributed by atoms with Crippen LogP contribution in [0.25, 0.3) is 0 Å². The molecule has 1 aromatic carbocycles. The fraction of sp³-hybridized carbons (Fsp3) is 0.467. The SMILES string of the molecule is CNC(C)c1ccc(Br)cc1N1CC(=O)NC(=O)C1(C)C. The van der Waals surface area contributed by atoms with Gasteiger partial charge in [0.05, 0.1) is 6.54 Å². The number of nitrogens with zero attached hydrogens (tertiary/aromatic N) is 1. The third kappa shape index (κ3) is 2.96. The predicted octanol–water partition coefficient (Wildman–Crippen LogP) is 1.97. The number of halogens is 1. The maximum absolute atomic E-state index is 12.1. The molecule has 1 aliphatic rings. The van der Waals surface area contributed by atoms with Crippen molar-refractivity contribution in [3.63, 3.8) is 0 Å². The van der Waals surface area contributed by atoms with Gasteiger partial charge < -0.3 is 10.2 Å². The van der Waals surface area contributed by atoms with E-state index >= 15 is 0 Å². The quantitative estimate of drug-likeness (QED) is 0.815. The molecule has 0 aromatic heterocycles. The van der Waals surface area contributed by atoms with Gasteiger partial charge in [0, 0.05) is 16.2 Å². The maximum Gasteiger partial charge on any atom is 0.251 e. The number of anilines is 1. The largest absolute Gasteiger partial charge is 0.348 e. The van der Waals surface area contributed by atoms with Crippen LogP contribution >= 0.6 is 15.9 Å². The van der Waals surface area contributed by atoms with Gasteiger partial charge in [0.15, 0.2) is 0 Å². The van der Waals surface area contributed by atoms with Crippen LogP contribution in [0.5, 0.6) is 0 Å². The van der Waals surface area contributed by atoms with Crippen LogP contribution in [0.3, 0.4) is 0 Å². The lowest BCUT2D eigenvalue weighted by atomic mass is 9.95. The molecule has 1 aromatic rings. The molecule has 0 spiro atoms. The Hall–Kier alpha value is -1.40. The number of piperazine rings is 1. The number of carbonyl (C=O) groups is 2. The highest BCUT2D eigenvalue weighted by Gasteiger charge is 2.41. The first-order valence-electron chi connectivity index (χ1n) is 6.86. The number of carbonyl (C=O) groups excluding carboxylic acids is 2. The van der Waals surface area contributed by atoms with Crippen molar-refractivity contribution in [1.29, 1.82) is 0 Å². The van der Waals surface area contributed by atoms with Gasteiger partial charge in [-0.3, -0.25) is 14.9 Å². The van der Waals surface area contributed by atoms with Crippen molar-refractivity contribution in [2.45, 2.75) is 32.4 Å². The molecule has 1 fully saturated rings. The van der Waals surface area contributed by atoms with Crippen LogP contribution < -0.4 is 15.5 Å². The standard InChI is InChI=1S/C15H20BrN3O2/c1-9(17-4)11-6-5-10(16)7-12(11)19-8-13(20)18-14(21)15(19,2)3/h5-7,9,17H,8H2,1-4H3,(H,18,20,21). The highest BCUT2D eigenvalue weighted by molar-refractivity contribution is 9.10. The molecule has 0 saturated carbocycles. The van der Waals surface area contributed by atoms with E-state index in [1.54, 1.807) is 0 Å².